The fourth-order valence-corrected chi connectivity index (χ4v) is 0.779. The Bertz CT molecular complexity index is 268. The number of halogens is 3. The fourth-order valence-electron chi connectivity index (χ4n) is 0.779. The highest BCUT2D eigenvalue weighted by Gasteiger charge is 2.28. The van der Waals surface area contributed by atoms with Crippen LogP contribution in [0.3, 0.4) is 0 Å². The molecular formula is C8H8F3NO. The van der Waals surface area contributed by atoms with Gasteiger partial charge in [0.1, 0.15) is 0 Å². The number of anilines is 1. The van der Waals surface area contributed by atoms with E-state index in [-0.39, 0.29) is 0 Å². The Hall–Kier alpha value is -1.23. The van der Waals surface area contributed by atoms with Crippen molar-refractivity contribution in [2.45, 2.75) is 13.0 Å². The third-order valence-corrected chi connectivity index (χ3v) is 1.38. The monoisotopic (exact) mass is 191 g/mol. The molecule has 1 aromatic rings. The minimum atomic E-state index is -4.58. The molecule has 0 bridgehead atoms. The second-order valence-electron chi connectivity index (χ2n) is 2.48. The largest absolute Gasteiger partial charge is 0.522 e. The summed E-state index contributed by atoms with van der Waals surface area (Å²) in [5, 5.41) is 0. The molecule has 0 unspecified atom stereocenters. The van der Waals surface area contributed by atoms with Crippen LogP contribution < -0.4 is 5.73 Å². The van der Waals surface area contributed by atoms with Gasteiger partial charge in [0.2, 0.25) is 0 Å². The molecule has 13 heavy (non-hydrogen) atoms. The second kappa shape index (κ2) is 3.66. The predicted octanol–water partition coefficient (Wildman–Crippen LogP) is 2.31. The topological polar surface area (TPSA) is 35.2 Å². The zero-order valence-electron chi connectivity index (χ0n) is 6.64. The van der Waals surface area contributed by atoms with Gasteiger partial charge in [0, 0.05) is 5.69 Å². The van der Waals surface area contributed by atoms with Crippen LogP contribution in [0.4, 0.5) is 18.9 Å². The number of nitrogens with two attached hydrogens (primary N) is 1. The van der Waals surface area contributed by atoms with Gasteiger partial charge in [-0.1, -0.05) is 12.1 Å². The molecule has 2 nitrogen and oxygen atoms in total. The van der Waals surface area contributed by atoms with Gasteiger partial charge in [0.05, 0.1) is 6.61 Å². The van der Waals surface area contributed by atoms with Gasteiger partial charge >= 0.3 is 6.36 Å². The molecule has 2 N–H and O–H groups in total. The third kappa shape index (κ3) is 3.80. The molecule has 0 amide bonds. The van der Waals surface area contributed by atoms with Crippen LogP contribution in [0.2, 0.25) is 0 Å². The van der Waals surface area contributed by atoms with Gasteiger partial charge in [-0.05, 0) is 17.7 Å². The van der Waals surface area contributed by atoms with Crippen molar-refractivity contribution in [1.82, 2.24) is 0 Å². The summed E-state index contributed by atoms with van der Waals surface area (Å²) in [5.41, 5.74) is 6.29. The molecule has 72 valence electrons. The summed E-state index contributed by atoms with van der Waals surface area (Å²) in [4.78, 5) is 0. The number of hydrogen-bond acceptors (Lipinski definition) is 2. The van der Waals surface area contributed by atoms with E-state index in [2.05, 4.69) is 4.74 Å². The minimum Gasteiger partial charge on any atom is -0.399 e. The Morgan fingerprint density at radius 1 is 1.15 bits per heavy atom. The van der Waals surface area contributed by atoms with E-state index in [9.17, 15) is 13.2 Å². The lowest BCUT2D eigenvalue weighted by Gasteiger charge is -2.06. The fraction of sp³-hybridized carbons (Fsp3) is 0.250. The van der Waals surface area contributed by atoms with Gasteiger partial charge in [-0.2, -0.15) is 0 Å². The molecule has 0 aliphatic rings. The first-order valence-corrected chi connectivity index (χ1v) is 3.52. The maximum absolute atomic E-state index is 11.6. The molecule has 5 heteroatoms. The van der Waals surface area contributed by atoms with Crippen LogP contribution in [-0.2, 0) is 11.3 Å². The Labute approximate surface area is 73.1 Å². The zero-order valence-corrected chi connectivity index (χ0v) is 6.64. The Morgan fingerprint density at radius 3 is 2.15 bits per heavy atom. The first-order valence-electron chi connectivity index (χ1n) is 3.52. The molecule has 0 saturated carbocycles. The SMILES string of the molecule is Nc1ccc(COC(F)(F)F)cc1. The smallest absolute Gasteiger partial charge is 0.399 e. The van der Waals surface area contributed by atoms with Crippen molar-refractivity contribution >= 4 is 5.69 Å². The minimum absolute atomic E-state index is 0.437. The van der Waals surface area contributed by atoms with Crippen molar-refractivity contribution in [1.29, 1.82) is 0 Å². The van der Waals surface area contributed by atoms with E-state index < -0.39 is 13.0 Å². The number of hydrogen-bond donors (Lipinski definition) is 1. The Kier molecular flexibility index (Phi) is 2.77. The number of benzene rings is 1. The molecule has 0 radical (unpaired) electrons. The summed E-state index contributed by atoms with van der Waals surface area (Å²) in [5.74, 6) is 0. The second-order valence-corrected chi connectivity index (χ2v) is 2.48. The van der Waals surface area contributed by atoms with Crippen LogP contribution in [0.25, 0.3) is 0 Å². The van der Waals surface area contributed by atoms with Crippen LogP contribution in [0.1, 0.15) is 5.56 Å². The van der Waals surface area contributed by atoms with E-state index in [1.54, 1.807) is 0 Å². The summed E-state index contributed by atoms with van der Waals surface area (Å²) in [7, 11) is 0. The van der Waals surface area contributed by atoms with E-state index in [1.807, 2.05) is 0 Å². The van der Waals surface area contributed by atoms with Gasteiger partial charge in [-0.15, -0.1) is 13.2 Å². The average Bonchev–Trinajstić information content (AvgIpc) is 2.02. The standard InChI is InChI=1S/C8H8F3NO/c9-8(10,11)13-5-6-1-3-7(12)4-2-6/h1-4H,5,12H2. The zero-order chi connectivity index (χ0) is 9.90. The highest BCUT2D eigenvalue weighted by Crippen LogP contribution is 2.18. The van der Waals surface area contributed by atoms with Crippen molar-refractivity contribution in [2.24, 2.45) is 0 Å². The van der Waals surface area contributed by atoms with E-state index in [0.717, 1.165) is 0 Å². The van der Waals surface area contributed by atoms with Crippen molar-refractivity contribution in [3.8, 4) is 0 Å². The molecule has 1 aromatic carbocycles. The number of ether oxygens (including phenoxy) is 1. The molecule has 0 spiro atoms. The summed E-state index contributed by atoms with van der Waals surface area (Å²) in [6.07, 6.45) is -4.58. The number of rotatable bonds is 2. The lowest BCUT2D eigenvalue weighted by molar-refractivity contribution is -0.330. The van der Waals surface area contributed by atoms with E-state index in [4.69, 9.17) is 5.73 Å². The van der Waals surface area contributed by atoms with Gasteiger partial charge < -0.3 is 5.73 Å². The molecule has 1 rings (SSSR count). The Balaban J connectivity index is 2.51. The van der Waals surface area contributed by atoms with Crippen LogP contribution in [0, 0.1) is 0 Å². The summed E-state index contributed by atoms with van der Waals surface area (Å²) in [6.45, 7) is -0.482. The number of nitrogen functional groups attached to an aromatic ring is 1. The molecular weight excluding hydrogens is 183 g/mol. The maximum atomic E-state index is 11.6. The van der Waals surface area contributed by atoms with E-state index in [1.165, 1.54) is 24.3 Å². The molecule has 0 aliphatic carbocycles. The molecule has 0 aliphatic heterocycles. The highest BCUT2D eigenvalue weighted by molar-refractivity contribution is 5.39. The lowest BCUT2D eigenvalue weighted by Crippen LogP contribution is -2.12. The normalized spacial score (nSPS) is 11.6. The van der Waals surface area contributed by atoms with Crippen molar-refractivity contribution in [3.63, 3.8) is 0 Å². The van der Waals surface area contributed by atoms with Crippen LogP contribution in [0.15, 0.2) is 24.3 Å². The maximum Gasteiger partial charge on any atom is 0.522 e. The molecule has 0 fully saturated rings. The van der Waals surface area contributed by atoms with E-state index >= 15 is 0 Å². The van der Waals surface area contributed by atoms with Crippen molar-refractivity contribution in [2.75, 3.05) is 5.73 Å². The summed E-state index contributed by atoms with van der Waals surface area (Å²) in [6, 6.07) is 6.02. The summed E-state index contributed by atoms with van der Waals surface area (Å²) < 4.78 is 38.3. The number of alkyl halides is 3. The lowest BCUT2D eigenvalue weighted by atomic mass is 10.2. The molecule has 0 heterocycles. The van der Waals surface area contributed by atoms with Gasteiger partial charge in [-0.25, -0.2) is 0 Å². The van der Waals surface area contributed by atoms with Crippen LogP contribution in [0.5, 0.6) is 0 Å². The van der Waals surface area contributed by atoms with Gasteiger partial charge in [-0.3, -0.25) is 4.74 Å². The van der Waals surface area contributed by atoms with E-state index in [0.29, 0.717) is 11.3 Å². The van der Waals surface area contributed by atoms with Gasteiger partial charge in [0.15, 0.2) is 0 Å². The quantitative estimate of drug-likeness (QED) is 0.728. The third-order valence-electron chi connectivity index (χ3n) is 1.38. The molecule has 0 atom stereocenters. The molecule has 0 saturated heterocycles. The Morgan fingerprint density at radius 2 is 1.69 bits per heavy atom. The summed E-state index contributed by atoms with van der Waals surface area (Å²) >= 11 is 0. The highest BCUT2D eigenvalue weighted by atomic mass is 19.4. The molecule has 0 aromatic heterocycles. The van der Waals surface area contributed by atoms with Crippen molar-refractivity contribution < 1.29 is 17.9 Å². The van der Waals surface area contributed by atoms with Crippen LogP contribution >= 0.6 is 0 Å². The predicted molar refractivity (Wildman–Crippen MR) is 41.7 cm³/mol. The first-order chi connectivity index (χ1) is 5.97. The van der Waals surface area contributed by atoms with Gasteiger partial charge in [0.25, 0.3) is 0 Å². The van der Waals surface area contributed by atoms with Crippen molar-refractivity contribution in [3.05, 3.63) is 29.8 Å². The first kappa shape index (κ1) is 9.85. The van der Waals surface area contributed by atoms with Crippen LogP contribution in [-0.4, -0.2) is 6.36 Å². The average molecular weight is 191 g/mol.